The molecule has 0 spiro atoms. The van der Waals surface area contributed by atoms with Crippen molar-refractivity contribution in [3.63, 3.8) is 0 Å². The van der Waals surface area contributed by atoms with Gasteiger partial charge in [0, 0.05) is 24.8 Å². The summed E-state index contributed by atoms with van der Waals surface area (Å²) < 4.78 is 5.72. The number of hydrogen-bond donors (Lipinski definition) is 1. The molecule has 0 aliphatic carbocycles. The van der Waals surface area contributed by atoms with Crippen molar-refractivity contribution >= 4 is 5.91 Å². The molecule has 1 aromatic carbocycles. The van der Waals surface area contributed by atoms with E-state index in [4.69, 9.17) is 4.74 Å². The first kappa shape index (κ1) is 17.4. The summed E-state index contributed by atoms with van der Waals surface area (Å²) in [5, 5.41) is 3.40. The van der Waals surface area contributed by atoms with Gasteiger partial charge in [0.25, 0.3) is 5.91 Å². The van der Waals surface area contributed by atoms with E-state index in [0.29, 0.717) is 23.0 Å². The summed E-state index contributed by atoms with van der Waals surface area (Å²) in [5.74, 6) is 2.17. The fourth-order valence-electron chi connectivity index (χ4n) is 3.08. The highest BCUT2D eigenvalue weighted by Crippen LogP contribution is 2.22. The highest BCUT2D eigenvalue weighted by atomic mass is 16.5. The predicted molar refractivity (Wildman–Crippen MR) is 97.9 cm³/mol. The number of benzene rings is 1. The van der Waals surface area contributed by atoms with Crippen LogP contribution in [0.15, 0.2) is 48.8 Å². The van der Waals surface area contributed by atoms with E-state index in [1.807, 2.05) is 41.3 Å². The summed E-state index contributed by atoms with van der Waals surface area (Å²) in [6, 6.07) is 11.0. The van der Waals surface area contributed by atoms with Gasteiger partial charge < -0.3 is 15.0 Å². The molecule has 0 radical (unpaired) electrons. The Labute approximate surface area is 149 Å². The van der Waals surface area contributed by atoms with Crippen molar-refractivity contribution in [2.24, 2.45) is 5.92 Å². The molecule has 1 amide bonds. The SMILES string of the molecule is CCNCC1CCN(C(=O)c2ccc(Oc3cccnc3)cc2)CC1. The van der Waals surface area contributed by atoms with Gasteiger partial charge in [0.15, 0.2) is 0 Å². The van der Waals surface area contributed by atoms with Crippen LogP contribution < -0.4 is 10.1 Å². The maximum atomic E-state index is 12.6. The Morgan fingerprint density at radius 3 is 2.60 bits per heavy atom. The zero-order valence-corrected chi connectivity index (χ0v) is 14.6. The second-order valence-electron chi connectivity index (χ2n) is 6.36. The van der Waals surface area contributed by atoms with E-state index >= 15 is 0 Å². The fraction of sp³-hybridized carbons (Fsp3) is 0.400. The number of carbonyl (C=O) groups is 1. The summed E-state index contributed by atoms with van der Waals surface area (Å²) in [7, 11) is 0. The van der Waals surface area contributed by atoms with E-state index in [-0.39, 0.29) is 5.91 Å². The zero-order valence-electron chi connectivity index (χ0n) is 14.6. The van der Waals surface area contributed by atoms with E-state index in [0.717, 1.165) is 39.0 Å². The van der Waals surface area contributed by atoms with Gasteiger partial charge in [0.1, 0.15) is 11.5 Å². The molecule has 3 rings (SSSR count). The number of nitrogens with one attached hydrogen (secondary N) is 1. The zero-order chi connectivity index (χ0) is 17.5. The number of carbonyl (C=O) groups excluding carboxylic acids is 1. The first-order valence-corrected chi connectivity index (χ1v) is 8.94. The molecule has 1 aromatic heterocycles. The van der Waals surface area contributed by atoms with E-state index in [2.05, 4.69) is 17.2 Å². The van der Waals surface area contributed by atoms with Gasteiger partial charge >= 0.3 is 0 Å². The van der Waals surface area contributed by atoms with E-state index in [1.165, 1.54) is 0 Å². The monoisotopic (exact) mass is 339 g/mol. The Hall–Kier alpha value is -2.40. The van der Waals surface area contributed by atoms with Gasteiger partial charge in [-0.3, -0.25) is 9.78 Å². The van der Waals surface area contributed by atoms with E-state index < -0.39 is 0 Å². The van der Waals surface area contributed by atoms with Crippen LogP contribution in [0.3, 0.4) is 0 Å². The lowest BCUT2D eigenvalue weighted by Gasteiger charge is -2.32. The van der Waals surface area contributed by atoms with Crippen LogP contribution in [0.4, 0.5) is 0 Å². The fourth-order valence-corrected chi connectivity index (χ4v) is 3.08. The van der Waals surface area contributed by atoms with Crippen LogP contribution in [0.5, 0.6) is 11.5 Å². The average Bonchev–Trinajstić information content (AvgIpc) is 2.68. The van der Waals surface area contributed by atoms with Crippen LogP contribution in [-0.2, 0) is 0 Å². The molecule has 2 heterocycles. The third kappa shape index (κ3) is 4.79. The molecule has 132 valence electrons. The van der Waals surface area contributed by atoms with Crippen molar-refractivity contribution in [1.82, 2.24) is 15.2 Å². The van der Waals surface area contributed by atoms with Crippen LogP contribution >= 0.6 is 0 Å². The lowest BCUT2D eigenvalue weighted by Crippen LogP contribution is -2.40. The average molecular weight is 339 g/mol. The van der Waals surface area contributed by atoms with Crippen LogP contribution in [0.2, 0.25) is 0 Å². The summed E-state index contributed by atoms with van der Waals surface area (Å²) in [5.41, 5.74) is 0.712. The standard InChI is InChI=1S/C20H25N3O2/c1-2-21-14-16-9-12-23(13-10-16)20(24)17-5-7-18(8-6-17)25-19-4-3-11-22-15-19/h3-8,11,15-16,21H,2,9-10,12-14H2,1H3. The van der Waals surface area contributed by atoms with Crippen molar-refractivity contribution in [1.29, 1.82) is 0 Å². The molecule has 1 N–H and O–H groups in total. The largest absolute Gasteiger partial charge is 0.456 e. The lowest BCUT2D eigenvalue weighted by atomic mass is 9.96. The van der Waals surface area contributed by atoms with Gasteiger partial charge in [0.05, 0.1) is 6.20 Å². The minimum absolute atomic E-state index is 0.106. The highest BCUT2D eigenvalue weighted by molar-refractivity contribution is 5.94. The molecule has 1 aliphatic rings. The number of ether oxygens (including phenoxy) is 1. The van der Waals surface area contributed by atoms with Crippen molar-refractivity contribution in [2.75, 3.05) is 26.2 Å². The molecular formula is C20H25N3O2. The van der Waals surface area contributed by atoms with Crippen molar-refractivity contribution < 1.29 is 9.53 Å². The number of pyridine rings is 1. The van der Waals surface area contributed by atoms with Gasteiger partial charge in [-0.2, -0.15) is 0 Å². The van der Waals surface area contributed by atoms with Gasteiger partial charge in [-0.25, -0.2) is 0 Å². The number of likely N-dealkylation sites (tertiary alicyclic amines) is 1. The lowest BCUT2D eigenvalue weighted by molar-refractivity contribution is 0.0690. The highest BCUT2D eigenvalue weighted by Gasteiger charge is 2.23. The van der Waals surface area contributed by atoms with Crippen LogP contribution in [0, 0.1) is 5.92 Å². The van der Waals surface area contributed by atoms with Crippen LogP contribution in [-0.4, -0.2) is 42.0 Å². The third-order valence-corrected chi connectivity index (χ3v) is 4.56. The maximum absolute atomic E-state index is 12.6. The van der Waals surface area contributed by atoms with Crippen LogP contribution in [0.25, 0.3) is 0 Å². The van der Waals surface area contributed by atoms with Gasteiger partial charge in [-0.1, -0.05) is 6.92 Å². The summed E-state index contributed by atoms with van der Waals surface area (Å²) >= 11 is 0. The Balaban J connectivity index is 1.54. The quantitative estimate of drug-likeness (QED) is 0.877. The first-order chi connectivity index (χ1) is 12.3. The summed E-state index contributed by atoms with van der Waals surface area (Å²) in [4.78, 5) is 18.6. The predicted octanol–water partition coefficient (Wildman–Crippen LogP) is 3.34. The molecular weight excluding hydrogens is 314 g/mol. The molecule has 0 unspecified atom stereocenters. The Kier molecular flexibility index (Phi) is 6.01. The second kappa shape index (κ2) is 8.62. The molecule has 0 bridgehead atoms. The molecule has 1 saturated heterocycles. The Morgan fingerprint density at radius 1 is 1.20 bits per heavy atom. The number of nitrogens with zero attached hydrogens (tertiary/aromatic N) is 2. The second-order valence-corrected chi connectivity index (χ2v) is 6.36. The molecule has 2 aromatic rings. The number of piperidine rings is 1. The van der Waals surface area contributed by atoms with E-state index in [1.54, 1.807) is 12.4 Å². The Morgan fingerprint density at radius 2 is 1.96 bits per heavy atom. The minimum atomic E-state index is 0.106. The molecule has 0 saturated carbocycles. The third-order valence-electron chi connectivity index (χ3n) is 4.56. The van der Waals surface area contributed by atoms with Gasteiger partial charge in [-0.15, -0.1) is 0 Å². The number of amides is 1. The number of rotatable bonds is 6. The Bertz CT molecular complexity index is 665. The normalized spacial score (nSPS) is 15.2. The minimum Gasteiger partial charge on any atom is -0.456 e. The van der Waals surface area contributed by atoms with Gasteiger partial charge in [0.2, 0.25) is 0 Å². The van der Waals surface area contributed by atoms with E-state index in [9.17, 15) is 4.79 Å². The summed E-state index contributed by atoms with van der Waals surface area (Å²) in [6.07, 6.45) is 5.51. The molecule has 0 atom stereocenters. The smallest absolute Gasteiger partial charge is 0.253 e. The van der Waals surface area contributed by atoms with Crippen molar-refractivity contribution in [3.8, 4) is 11.5 Å². The number of aromatic nitrogens is 1. The van der Waals surface area contributed by atoms with Crippen LogP contribution in [0.1, 0.15) is 30.1 Å². The molecule has 5 heteroatoms. The topological polar surface area (TPSA) is 54.5 Å². The summed E-state index contributed by atoms with van der Waals surface area (Å²) in [6.45, 7) is 5.86. The van der Waals surface area contributed by atoms with Gasteiger partial charge in [-0.05, 0) is 68.2 Å². The van der Waals surface area contributed by atoms with Crippen molar-refractivity contribution in [2.45, 2.75) is 19.8 Å². The number of hydrogen-bond acceptors (Lipinski definition) is 4. The molecule has 1 aliphatic heterocycles. The molecule has 25 heavy (non-hydrogen) atoms. The molecule has 5 nitrogen and oxygen atoms in total. The maximum Gasteiger partial charge on any atom is 0.253 e. The van der Waals surface area contributed by atoms with Crippen molar-refractivity contribution in [3.05, 3.63) is 54.4 Å². The first-order valence-electron chi connectivity index (χ1n) is 8.94. The molecule has 1 fully saturated rings.